The number of fused-ring (bicyclic) bond motifs is 1. The van der Waals surface area contributed by atoms with Gasteiger partial charge in [0.05, 0.1) is 11.7 Å². The standard InChI is InChI=1S/C12H7N3O4S/c16-8-2-5(11-15-7(3-20-11)12(18)19)1-6-9(8)13-4-14-10(6)17/h1-4,16H,(H,18,19)(H,13,14,17). The SMILES string of the molecule is O=C(O)c1csc(-c2cc(O)c3nc[nH]c(=O)c3c2)n1. The van der Waals surface area contributed by atoms with Gasteiger partial charge >= 0.3 is 5.97 Å². The largest absolute Gasteiger partial charge is 0.506 e. The molecule has 0 saturated heterocycles. The summed E-state index contributed by atoms with van der Waals surface area (Å²) in [5.74, 6) is -1.28. The molecule has 0 aliphatic rings. The first-order valence-corrected chi connectivity index (χ1v) is 6.34. The highest BCUT2D eigenvalue weighted by atomic mass is 32.1. The number of benzene rings is 1. The summed E-state index contributed by atoms with van der Waals surface area (Å²) in [6, 6.07) is 2.92. The van der Waals surface area contributed by atoms with Crippen LogP contribution in [0.2, 0.25) is 0 Å². The fraction of sp³-hybridized carbons (Fsp3) is 0. The van der Waals surface area contributed by atoms with Gasteiger partial charge in [0.15, 0.2) is 5.69 Å². The van der Waals surface area contributed by atoms with E-state index < -0.39 is 5.97 Å². The summed E-state index contributed by atoms with van der Waals surface area (Å²) in [6.07, 6.45) is 1.20. The maximum atomic E-state index is 11.7. The number of carbonyl (C=O) groups is 1. The summed E-state index contributed by atoms with van der Waals surface area (Å²) < 4.78 is 0. The van der Waals surface area contributed by atoms with Crippen LogP contribution in [-0.4, -0.2) is 31.1 Å². The number of aromatic carboxylic acids is 1. The number of hydrogen-bond donors (Lipinski definition) is 3. The molecule has 0 spiro atoms. The van der Waals surface area contributed by atoms with Crippen LogP contribution in [0.1, 0.15) is 10.5 Å². The molecule has 0 amide bonds. The van der Waals surface area contributed by atoms with E-state index in [-0.39, 0.29) is 27.9 Å². The monoisotopic (exact) mass is 289 g/mol. The molecule has 0 bridgehead atoms. The summed E-state index contributed by atoms with van der Waals surface area (Å²) in [7, 11) is 0. The van der Waals surface area contributed by atoms with Crippen LogP contribution in [-0.2, 0) is 0 Å². The van der Waals surface area contributed by atoms with Crippen LogP contribution in [0, 0.1) is 0 Å². The molecule has 2 heterocycles. The number of carboxylic acids is 1. The average molecular weight is 289 g/mol. The summed E-state index contributed by atoms with van der Waals surface area (Å²) in [5.41, 5.74) is 0.186. The summed E-state index contributed by atoms with van der Waals surface area (Å²) in [5, 5.41) is 20.8. The van der Waals surface area contributed by atoms with Crippen molar-refractivity contribution < 1.29 is 15.0 Å². The molecule has 3 aromatic rings. The highest BCUT2D eigenvalue weighted by Gasteiger charge is 2.13. The lowest BCUT2D eigenvalue weighted by Gasteiger charge is -2.02. The average Bonchev–Trinajstić information content (AvgIpc) is 2.89. The molecule has 0 unspecified atom stereocenters. The molecule has 0 atom stereocenters. The van der Waals surface area contributed by atoms with Gasteiger partial charge in [0.1, 0.15) is 16.3 Å². The fourth-order valence-corrected chi connectivity index (χ4v) is 2.57. The predicted octanol–water partition coefficient (Wildman–Crippen LogP) is 1.45. The molecule has 7 nitrogen and oxygen atoms in total. The zero-order chi connectivity index (χ0) is 14.3. The Morgan fingerprint density at radius 3 is 2.85 bits per heavy atom. The Bertz CT molecular complexity index is 884. The molecule has 8 heteroatoms. The third-order valence-electron chi connectivity index (χ3n) is 2.69. The van der Waals surface area contributed by atoms with Crippen LogP contribution in [0.15, 0.2) is 28.6 Å². The van der Waals surface area contributed by atoms with Crippen molar-refractivity contribution in [1.29, 1.82) is 0 Å². The lowest BCUT2D eigenvalue weighted by molar-refractivity contribution is 0.0691. The van der Waals surface area contributed by atoms with Gasteiger partial charge in [-0.25, -0.2) is 14.8 Å². The van der Waals surface area contributed by atoms with Gasteiger partial charge in [0, 0.05) is 10.9 Å². The van der Waals surface area contributed by atoms with Crippen LogP contribution >= 0.6 is 11.3 Å². The third kappa shape index (κ3) is 1.91. The normalized spacial score (nSPS) is 10.8. The van der Waals surface area contributed by atoms with E-state index in [0.29, 0.717) is 10.6 Å². The van der Waals surface area contributed by atoms with Crippen molar-refractivity contribution >= 4 is 28.2 Å². The first-order chi connectivity index (χ1) is 9.56. The molecule has 100 valence electrons. The number of phenols is 1. The Morgan fingerprint density at radius 1 is 1.35 bits per heavy atom. The van der Waals surface area contributed by atoms with E-state index in [4.69, 9.17) is 5.11 Å². The maximum Gasteiger partial charge on any atom is 0.355 e. The zero-order valence-corrected chi connectivity index (χ0v) is 10.6. The van der Waals surface area contributed by atoms with Crippen molar-refractivity contribution in [1.82, 2.24) is 15.0 Å². The summed E-state index contributed by atoms with van der Waals surface area (Å²) in [4.78, 5) is 32.8. The summed E-state index contributed by atoms with van der Waals surface area (Å²) >= 11 is 1.12. The van der Waals surface area contributed by atoms with Crippen LogP contribution in [0.4, 0.5) is 0 Å². The van der Waals surface area contributed by atoms with Gasteiger partial charge < -0.3 is 15.2 Å². The Kier molecular flexibility index (Phi) is 2.72. The van der Waals surface area contributed by atoms with Gasteiger partial charge in [-0.1, -0.05) is 0 Å². The van der Waals surface area contributed by atoms with Crippen LogP contribution in [0.25, 0.3) is 21.5 Å². The van der Waals surface area contributed by atoms with Gasteiger partial charge in [-0.2, -0.15) is 0 Å². The van der Waals surface area contributed by atoms with Gasteiger partial charge in [-0.05, 0) is 12.1 Å². The van der Waals surface area contributed by atoms with Crippen molar-refractivity contribution in [2.75, 3.05) is 0 Å². The smallest absolute Gasteiger partial charge is 0.355 e. The lowest BCUT2D eigenvalue weighted by atomic mass is 10.1. The first-order valence-electron chi connectivity index (χ1n) is 5.46. The predicted molar refractivity (Wildman–Crippen MR) is 72.1 cm³/mol. The second kappa shape index (κ2) is 4.42. The highest BCUT2D eigenvalue weighted by Crippen LogP contribution is 2.30. The molecule has 0 aliphatic carbocycles. The van der Waals surface area contributed by atoms with Gasteiger partial charge in [0.2, 0.25) is 0 Å². The van der Waals surface area contributed by atoms with Crippen molar-refractivity contribution in [3.8, 4) is 16.3 Å². The van der Waals surface area contributed by atoms with Crippen LogP contribution in [0.3, 0.4) is 0 Å². The second-order valence-corrected chi connectivity index (χ2v) is 4.82. The van der Waals surface area contributed by atoms with Gasteiger partial charge in [-0.3, -0.25) is 4.79 Å². The fourth-order valence-electron chi connectivity index (χ4n) is 1.79. The zero-order valence-electron chi connectivity index (χ0n) is 9.82. The van der Waals surface area contributed by atoms with E-state index in [1.807, 2.05) is 0 Å². The molecule has 2 aromatic heterocycles. The molecular formula is C12H7N3O4S. The Labute approximate surface area is 115 Å². The van der Waals surface area contributed by atoms with E-state index in [2.05, 4.69) is 15.0 Å². The number of nitrogens with zero attached hydrogens (tertiary/aromatic N) is 2. The Morgan fingerprint density at radius 2 is 2.15 bits per heavy atom. The number of rotatable bonds is 2. The molecule has 20 heavy (non-hydrogen) atoms. The number of aromatic nitrogens is 3. The van der Waals surface area contributed by atoms with E-state index in [1.54, 1.807) is 0 Å². The minimum atomic E-state index is -1.13. The first kappa shape index (κ1) is 12.3. The number of phenolic OH excluding ortho intramolecular Hbond substituents is 1. The molecule has 0 fully saturated rings. The van der Waals surface area contributed by atoms with E-state index in [9.17, 15) is 14.7 Å². The lowest BCUT2D eigenvalue weighted by Crippen LogP contribution is -2.06. The van der Waals surface area contributed by atoms with E-state index in [1.165, 1.54) is 23.8 Å². The quantitative estimate of drug-likeness (QED) is 0.657. The molecule has 0 saturated carbocycles. The number of H-pyrrole nitrogens is 1. The maximum absolute atomic E-state index is 11.7. The number of carboxylic acid groups (broad SMARTS) is 1. The number of thiazole rings is 1. The molecular weight excluding hydrogens is 282 g/mol. The number of aromatic hydroxyl groups is 1. The molecule has 0 radical (unpaired) electrons. The van der Waals surface area contributed by atoms with E-state index in [0.717, 1.165) is 11.3 Å². The van der Waals surface area contributed by atoms with Gasteiger partial charge in [0.25, 0.3) is 5.56 Å². The van der Waals surface area contributed by atoms with Crippen molar-refractivity contribution in [3.63, 3.8) is 0 Å². The van der Waals surface area contributed by atoms with Crippen molar-refractivity contribution in [3.05, 3.63) is 39.9 Å². The van der Waals surface area contributed by atoms with Crippen LogP contribution < -0.4 is 5.56 Å². The molecule has 0 aliphatic heterocycles. The number of nitrogens with one attached hydrogen (secondary N) is 1. The summed E-state index contributed by atoms with van der Waals surface area (Å²) in [6.45, 7) is 0. The number of hydrogen-bond acceptors (Lipinski definition) is 6. The third-order valence-corrected chi connectivity index (χ3v) is 3.59. The van der Waals surface area contributed by atoms with Crippen molar-refractivity contribution in [2.45, 2.75) is 0 Å². The van der Waals surface area contributed by atoms with E-state index >= 15 is 0 Å². The molecule has 3 rings (SSSR count). The van der Waals surface area contributed by atoms with Crippen LogP contribution in [0.5, 0.6) is 5.75 Å². The van der Waals surface area contributed by atoms with Gasteiger partial charge in [-0.15, -0.1) is 11.3 Å². The highest BCUT2D eigenvalue weighted by molar-refractivity contribution is 7.13. The second-order valence-electron chi connectivity index (χ2n) is 3.97. The Hall–Kier alpha value is -2.74. The molecule has 1 aromatic carbocycles. The minimum Gasteiger partial charge on any atom is -0.506 e. The minimum absolute atomic E-state index is 0.0790. The topological polar surface area (TPSA) is 116 Å². The number of aromatic amines is 1. The molecule has 3 N–H and O–H groups in total. The van der Waals surface area contributed by atoms with Crippen molar-refractivity contribution in [2.24, 2.45) is 0 Å². The Balaban J connectivity index is 2.24.